The fraction of sp³-hybridized carbons (Fsp3) is 0.750. The first-order chi connectivity index (χ1) is 42.2. The van der Waals surface area contributed by atoms with E-state index in [1.807, 2.05) is 113 Å². The molecule has 0 heterocycles. The van der Waals surface area contributed by atoms with Crippen LogP contribution in [-0.4, -0.2) is 174 Å². The number of hydrogen-bond acceptors (Lipinski definition) is 11. The summed E-state index contributed by atoms with van der Waals surface area (Å²) in [5.74, 6) is -6.08. The average Bonchev–Trinajstić information content (AvgIpc) is 1.70. The van der Waals surface area contributed by atoms with Crippen molar-refractivity contribution < 1.29 is 68.1 Å². The average molecular weight is 1270 g/mol. The first kappa shape index (κ1) is 81.4. The van der Waals surface area contributed by atoms with Crippen LogP contribution >= 0.6 is 0 Å². The van der Waals surface area contributed by atoms with Crippen molar-refractivity contribution >= 4 is 65.2 Å². The fourth-order valence-corrected chi connectivity index (χ4v) is 10.7. The number of carboxylic acids is 3. The molecule has 0 saturated carbocycles. The Morgan fingerprint density at radius 1 is 0.367 bits per heavy atom. The lowest BCUT2D eigenvalue weighted by atomic mass is 10.0. The highest BCUT2D eigenvalue weighted by molar-refractivity contribution is 5.91. The molecular weight excluding hydrogens is 1150 g/mol. The maximum absolute atomic E-state index is 15.0. The lowest BCUT2D eigenvalue weighted by molar-refractivity contribution is -0.143. The number of benzene rings is 1. The van der Waals surface area contributed by atoms with E-state index in [1.165, 1.54) is 14.7 Å². The Bertz CT molecular complexity index is 2380. The molecule has 0 radical (unpaired) electrons. The Labute approximate surface area is 537 Å². The molecule has 8 amide bonds. The number of carbonyl (C=O) groups is 11. The molecule has 7 N–H and O–H groups in total. The fourth-order valence-electron chi connectivity index (χ4n) is 10.7. The van der Waals surface area contributed by atoms with Gasteiger partial charge in [-0.3, -0.25) is 52.7 Å². The van der Waals surface area contributed by atoms with Gasteiger partial charge in [0.05, 0.1) is 0 Å². The van der Waals surface area contributed by atoms with Crippen molar-refractivity contribution in [2.75, 3.05) is 32.7 Å². The zero-order chi connectivity index (χ0) is 68.0. The third-order valence-electron chi connectivity index (χ3n) is 15.1. The summed E-state index contributed by atoms with van der Waals surface area (Å²) in [6, 6.07) is 5.31. The van der Waals surface area contributed by atoms with Crippen LogP contribution in [0.15, 0.2) is 30.3 Å². The summed E-state index contributed by atoms with van der Waals surface area (Å²) in [6.07, 6.45) is 7.81. The normalized spacial score (nSPS) is 13.0. The molecule has 22 heteroatoms. The predicted molar refractivity (Wildman–Crippen MR) is 349 cm³/mol. The summed E-state index contributed by atoms with van der Waals surface area (Å²) in [5.41, 5.74) is -1.13. The predicted octanol–water partition coefficient (Wildman–Crippen LogP) is 9.33. The first-order valence-corrected chi connectivity index (χ1v) is 33.4. The van der Waals surface area contributed by atoms with E-state index in [0.717, 1.165) is 31.2 Å². The minimum atomic E-state index is -1.13. The molecule has 1 aromatic carbocycles. The lowest BCUT2D eigenvalue weighted by Crippen LogP contribution is -2.54. The molecule has 0 aliphatic carbocycles. The Hall–Kier alpha value is -6.61. The van der Waals surface area contributed by atoms with Gasteiger partial charge in [-0.25, -0.2) is 0 Å². The van der Waals surface area contributed by atoms with Crippen molar-refractivity contribution in [2.45, 2.75) is 297 Å². The van der Waals surface area contributed by atoms with E-state index in [1.54, 1.807) is 4.90 Å². The molecule has 1 rings (SSSR count). The van der Waals surface area contributed by atoms with Gasteiger partial charge < -0.3 is 56.2 Å². The molecule has 4 unspecified atom stereocenters. The number of rotatable bonds is 47. The molecule has 0 bridgehead atoms. The van der Waals surface area contributed by atoms with Crippen molar-refractivity contribution in [3.63, 3.8) is 0 Å². The standard InChI is InChI=1S/C68H116N8O14/c1-13-16-25-45-74(52(35-29-41-60(83)84)64(89)71-67(7,8)9)55(77)37-23-19-27-48-76(57(79)39-31-38-56(78)75(46-26-17-14-2)53(36-30-42-61(85)86)65(90)72-68(10,11)12)54(49-50-33-21-18-22-34-50)62(87)69-44-43-58(80)73(47-28-20-24-40-59(81)82)51(32-15-3)63(88)70-66(4,5)6/h18,21-22,33-34,51-54H,13-17,19-20,23-32,35-49H2,1-12H3,(H,69,87)(H,70,88)(H,71,89)(H,72,90)(H,81,82)(H,83,84)(H,85,86). The van der Waals surface area contributed by atoms with E-state index in [2.05, 4.69) is 21.3 Å². The summed E-state index contributed by atoms with van der Waals surface area (Å²) in [5, 5.41) is 40.1. The van der Waals surface area contributed by atoms with E-state index in [4.69, 9.17) is 0 Å². The highest BCUT2D eigenvalue weighted by atomic mass is 16.4. The first-order valence-electron chi connectivity index (χ1n) is 33.4. The van der Waals surface area contributed by atoms with Crippen LogP contribution in [0.2, 0.25) is 0 Å². The van der Waals surface area contributed by atoms with Gasteiger partial charge in [-0.1, -0.05) is 96.0 Å². The van der Waals surface area contributed by atoms with Gasteiger partial charge >= 0.3 is 17.9 Å². The molecule has 0 aliphatic heterocycles. The summed E-state index contributed by atoms with van der Waals surface area (Å²) in [4.78, 5) is 155. The van der Waals surface area contributed by atoms with Gasteiger partial charge in [-0.2, -0.15) is 0 Å². The van der Waals surface area contributed by atoms with Crippen LogP contribution in [0.4, 0.5) is 0 Å². The van der Waals surface area contributed by atoms with Gasteiger partial charge in [0.15, 0.2) is 0 Å². The molecular formula is C68H116N8O14. The van der Waals surface area contributed by atoms with E-state index in [9.17, 15) is 68.1 Å². The monoisotopic (exact) mass is 1270 g/mol. The number of nitrogens with zero attached hydrogens (tertiary/aromatic N) is 4. The van der Waals surface area contributed by atoms with Crippen LogP contribution in [-0.2, 0) is 59.2 Å². The number of amides is 8. The number of aliphatic carboxylic acids is 3. The third kappa shape index (κ3) is 35.7. The van der Waals surface area contributed by atoms with E-state index in [-0.39, 0.29) is 133 Å². The maximum Gasteiger partial charge on any atom is 0.303 e. The highest BCUT2D eigenvalue weighted by Crippen LogP contribution is 2.22. The Morgan fingerprint density at radius 2 is 0.700 bits per heavy atom. The van der Waals surface area contributed by atoms with Crippen LogP contribution in [0.25, 0.3) is 0 Å². The largest absolute Gasteiger partial charge is 0.481 e. The van der Waals surface area contributed by atoms with Gasteiger partial charge in [0.2, 0.25) is 47.3 Å². The van der Waals surface area contributed by atoms with Crippen molar-refractivity contribution in [3.8, 4) is 0 Å². The number of nitrogens with one attached hydrogen (secondary N) is 4. The van der Waals surface area contributed by atoms with Crippen LogP contribution in [0.3, 0.4) is 0 Å². The van der Waals surface area contributed by atoms with Crippen LogP contribution in [0.1, 0.15) is 256 Å². The van der Waals surface area contributed by atoms with Crippen molar-refractivity contribution in [1.82, 2.24) is 40.9 Å². The number of carboxylic acid groups (broad SMARTS) is 3. The van der Waals surface area contributed by atoms with Crippen molar-refractivity contribution in [3.05, 3.63) is 35.9 Å². The molecule has 0 aromatic heterocycles. The SMILES string of the molecule is CCCCCN(C(=O)CCCCCN(C(=O)CCCC(=O)N(CCCCC)C(CCCC(=O)O)C(=O)NC(C)(C)C)C(Cc1ccccc1)C(=O)NCCC(=O)N(CCCCCC(=O)O)C(CCC)C(=O)NC(C)(C)C)C(CCCC(=O)O)C(=O)NC(C)(C)C. The Kier molecular flexibility index (Phi) is 39.1. The summed E-state index contributed by atoms with van der Waals surface area (Å²) < 4.78 is 0. The van der Waals surface area contributed by atoms with Gasteiger partial charge in [0.25, 0.3) is 0 Å². The smallest absolute Gasteiger partial charge is 0.303 e. The molecule has 512 valence electrons. The molecule has 22 nitrogen and oxygen atoms in total. The second kappa shape index (κ2) is 43.2. The highest BCUT2D eigenvalue weighted by Gasteiger charge is 2.36. The minimum absolute atomic E-state index is 0.0333. The van der Waals surface area contributed by atoms with Crippen LogP contribution < -0.4 is 21.3 Å². The summed E-state index contributed by atoms with van der Waals surface area (Å²) >= 11 is 0. The zero-order valence-electron chi connectivity index (χ0n) is 56.9. The molecule has 4 atom stereocenters. The summed E-state index contributed by atoms with van der Waals surface area (Å²) in [6.45, 7) is 23.1. The Morgan fingerprint density at radius 3 is 1.07 bits per heavy atom. The molecule has 0 aliphatic rings. The number of carbonyl (C=O) groups excluding carboxylic acids is 8. The molecule has 0 fully saturated rings. The summed E-state index contributed by atoms with van der Waals surface area (Å²) in [7, 11) is 0. The number of hydrogen-bond donors (Lipinski definition) is 7. The zero-order valence-corrected chi connectivity index (χ0v) is 56.9. The van der Waals surface area contributed by atoms with Crippen molar-refractivity contribution in [2.24, 2.45) is 0 Å². The van der Waals surface area contributed by atoms with Crippen LogP contribution in [0.5, 0.6) is 0 Å². The van der Waals surface area contributed by atoms with Gasteiger partial charge in [-0.05, 0) is 145 Å². The lowest BCUT2D eigenvalue weighted by Gasteiger charge is -2.34. The topological polar surface area (TPSA) is 310 Å². The van der Waals surface area contributed by atoms with E-state index >= 15 is 0 Å². The third-order valence-corrected chi connectivity index (χ3v) is 15.1. The van der Waals surface area contributed by atoms with Gasteiger partial charge in [0.1, 0.15) is 24.2 Å². The molecule has 0 spiro atoms. The Balaban J connectivity index is 3.83. The molecule has 90 heavy (non-hydrogen) atoms. The molecule has 1 aromatic rings. The number of unbranched alkanes of at least 4 members (excludes halogenated alkanes) is 8. The maximum atomic E-state index is 15.0. The van der Waals surface area contributed by atoms with Crippen molar-refractivity contribution in [1.29, 1.82) is 0 Å². The second-order valence-electron chi connectivity index (χ2n) is 27.0. The minimum Gasteiger partial charge on any atom is -0.481 e. The molecule has 0 saturated heterocycles. The second-order valence-corrected chi connectivity index (χ2v) is 27.0. The van der Waals surface area contributed by atoms with Gasteiger partial charge in [0, 0.05) is 101 Å². The van der Waals surface area contributed by atoms with E-state index < -0.39 is 82.3 Å². The van der Waals surface area contributed by atoms with Gasteiger partial charge in [-0.15, -0.1) is 0 Å². The van der Waals surface area contributed by atoms with E-state index in [0.29, 0.717) is 70.8 Å². The van der Waals surface area contributed by atoms with Crippen LogP contribution in [0, 0.1) is 0 Å². The quantitative estimate of drug-likeness (QED) is 0.0299.